The van der Waals surface area contributed by atoms with Crippen molar-refractivity contribution in [3.05, 3.63) is 89.8 Å². The summed E-state index contributed by atoms with van der Waals surface area (Å²) in [6, 6.07) is 27.0. The van der Waals surface area contributed by atoms with Gasteiger partial charge in [-0.05, 0) is 29.5 Å². The summed E-state index contributed by atoms with van der Waals surface area (Å²) in [5.74, 6) is 0. The summed E-state index contributed by atoms with van der Waals surface area (Å²) in [5, 5.41) is 7.22. The highest BCUT2D eigenvalue weighted by atomic mass is 32.2. The monoisotopic (exact) mass is 401 g/mol. The zero-order chi connectivity index (χ0) is 19.2. The normalized spacial score (nSPS) is 11.0. The van der Waals surface area contributed by atoms with Crippen LogP contribution in [0.4, 0.5) is 5.13 Å². The van der Waals surface area contributed by atoms with Crippen molar-refractivity contribution >= 4 is 34.4 Å². The van der Waals surface area contributed by atoms with Gasteiger partial charge in [0.25, 0.3) is 0 Å². The van der Waals surface area contributed by atoms with Crippen LogP contribution in [0.5, 0.6) is 0 Å². The van der Waals surface area contributed by atoms with Crippen LogP contribution in [0.25, 0.3) is 22.4 Å². The van der Waals surface area contributed by atoms with E-state index in [9.17, 15) is 0 Å². The number of thioether (sulfide) groups is 1. The number of benzene rings is 3. The molecule has 0 aliphatic carbocycles. The molecule has 0 aliphatic heterocycles. The van der Waals surface area contributed by atoms with Gasteiger partial charge in [-0.2, -0.15) is 5.10 Å². The molecule has 0 saturated heterocycles. The van der Waals surface area contributed by atoms with Gasteiger partial charge in [-0.3, -0.25) is 5.43 Å². The third-order valence-corrected chi connectivity index (χ3v) is 5.79. The quantitative estimate of drug-likeness (QED) is 0.223. The highest BCUT2D eigenvalue weighted by Gasteiger charge is 2.05. The minimum Gasteiger partial charge on any atom is -0.253 e. The molecule has 0 aliphatic rings. The molecule has 28 heavy (non-hydrogen) atoms. The van der Waals surface area contributed by atoms with Gasteiger partial charge in [0.2, 0.25) is 5.13 Å². The van der Waals surface area contributed by atoms with Gasteiger partial charge in [0.05, 0.1) is 11.9 Å². The molecule has 0 radical (unpaired) electrons. The average molecular weight is 402 g/mol. The van der Waals surface area contributed by atoms with Crippen molar-refractivity contribution in [3.8, 4) is 22.4 Å². The maximum Gasteiger partial charge on any atom is 0.203 e. The lowest BCUT2D eigenvalue weighted by Crippen LogP contribution is -1.92. The predicted molar refractivity (Wildman–Crippen MR) is 122 cm³/mol. The van der Waals surface area contributed by atoms with E-state index in [2.05, 4.69) is 76.4 Å². The number of anilines is 1. The summed E-state index contributed by atoms with van der Waals surface area (Å²) >= 11 is 3.29. The molecular weight excluding hydrogens is 382 g/mol. The third-order valence-electron chi connectivity index (χ3n) is 4.30. The van der Waals surface area contributed by atoms with Crippen LogP contribution in [0.2, 0.25) is 0 Å². The van der Waals surface area contributed by atoms with Gasteiger partial charge in [0.15, 0.2) is 0 Å². The van der Waals surface area contributed by atoms with Gasteiger partial charge in [-0.25, -0.2) is 4.98 Å². The summed E-state index contributed by atoms with van der Waals surface area (Å²) in [7, 11) is 0. The molecule has 4 aromatic rings. The molecule has 0 fully saturated rings. The smallest absolute Gasteiger partial charge is 0.203 e. The van der Waals surface area contributed by atoms with Gasteiger partial charge >= 0.3 is 0 Å². The Kier molecular flexibility index (Phi) is 5.85. The Balaban J connectivity index is 1.50. The zero-order valence-corrected chi connectivity index (χ0v) is 17.0. The second kappa shape index (κ2) is 8.87. The van der Waals surface area contributed by atoms with E-state index in [1.807, 2.05) is 35.9 Å². The Morgan fingerprint density at radius 3 is 2.43 bits per heavy atom. The van der Waals surface area contributed by atoms with Crippen LogP contribution >= 0.6 is 23.1 Å². The first-order valence-corrected chi connectivity index (χ1v) is 11.0. The number of hydrogen-bond acceptors (Lipinski definition) is 5. The molecule has 3 nitrogen and oxygen atoms in total. The highest BCUT2D eigenvalue weighted by Crippen LogP contribution is 2.26. The van der Waals surface area contributed by atoms with Crippen molar-refractivity contribution in [2.45, 2.75) is 4.90 Å². The Morgan fingerprint density at radius 1 is 0.893 bits per heavy atom. The van der Waals surface area contributed by atoms with E-state index in [0.29, 0.717) is 0 Å². The van der Waals surface area contributed by atoms with E-state index in [0.717, 1.165) is 27.5 Å². The van der Waals surface area contributed by atoms with E-state index >= 15 is 0 Å². The number of thiazole rings is 1. The molecule has 0 saturated carbocycles. The molecule has 5 heteroatoms. The van der Waals surface area contributed by atoms with E-state index in [1.165, 1.54) is 10.5 Å². The second-order valence-electron chi connectivity index (χ2n) is 6.09. The average Bonchev–Trinajstić information content (AvgIpc) is 3.24. The Bertz CT molecular complexity index is 1070. The van der Waals surface area contributed by atoms with Gasteiger partial charge in [0, 0.05) is 21.4 Å². The fourth-order valence-electron chi connectivity index (χ4n) is 2.87. The first-order chi connectivity index (χ1) is 13.8. The van der Waals surface area contributed by atoms with Crippen molar-refractivity contribution in [3.63, 3.8) is 0 Å². The molecule has 1 N–H and O–H groups in total. The Labute approximate surface area is 173 Å². The number of aromatic nitrogens is 1. The number of rotatable bonds is 6. The molecule has 0 bridgehead atoms. The standard InChI is InChI=1S/C23H19N3S2/c1-27-20-13-11-17(12-14-20)21-10-6-5-9-19(21)15-24-26-23-25-22(16-28-23)18-7-3-2-4-8-18/h2-16H,1H3,(H,25,26). The lowest BCUT2D eigenvalue weighted by atomic mass is 10.0. The minimum atomic E-state index is 0.775. The number of hydrazone groups is 1. The van der Waals surface area contributed by atoms with Crippen LogP contribution in [0.1, 0.15) is 5.56 Å². The van der Waals surface area contributed by atoms with Crippen molar-refractivity contribution in [1.29, 1.82) is 0 Å². The summed E-state index contributed by atoms with van der Waals surface area (Å²) in [6.07, 6.45) is 3.94. The molecule has 0 spiro atoms. The SMILES string of the molecule is CSc1ccc(-c2ccccc2C=NNc2nc(-c3ccccc3)cs2)cc1. The lowest BCUT2D eigenvalue weighted by Gasteiger charge is -2.06. The molecule has 3 aromatic carbocycles. The molecule has 0 atom stereocenters. The van der Waals surface area contributed by atoms with Crippen LogP contribution in [0.15, 0.2) is 94.2 Å². The van der Waals surface area contributed by atoms with Crippen molar-refractivity contribution < 1.29 is 0 Å². The van der Waals surface area contributed by atoms with Crippen LogP contribution in [-0.4, -0.2) is 17.5 Å². The molecule has 4 rings (SSSR count). The molecule has 1 heterocycles. The first kappa shape index (κ1) is 18.5. The first-order valence-electron chi connectivity index (χ1n) is 8.87. The van der Waals surface area contributed by atoms with Crippen LogP contribution in [0, 0.1) is 0 Å². The maximum absolute atomic E-state index is 4.60. The molecule has 0 amide bonds. The summed E-state index contributed by atoms with van der Waals surface area (Å²) in [5.41, 5.74) is 8.52. The van der Waals surface area contributed by atoms with E-state index in [-0.39, 0.29) is 0 Å². The van der Waals surface area contributed by atoms with Gasteiger partial charge in [0.1, 0.15) is 0 Å². The summed E-state index contributed by atoms with van der Waals surface area (Å²) < 4.78 is 0. The highest BCUT2D eigenvalue weighted by molar-refractivity contribution is 7.98. The fourth-order valence-corrected chi connectivity index (χ4v) is 3.94. The molecule has 0 unspecified atom stereocenters. The maximum atomic E-state index is 4.60. The van der Waals surface area contributed by atoms with Crippen LogP contribution in [0.3, 0.4) is 0 Å². The van der Waals surface area contributed by atoms with Crippen molar-refractivity contribution in [1.82, 2.24) is 4.98 Å². The van der Waals surface area contributed by atoms with E-state index in [1.54, 1.807) is 23.1 Å². The molecular formula is C23H19N3S2. The largest absolute Gasteiger partial charge is 0.253 e. The van der Waals surface area contributed by atoms with Gasteiger partial charge in [-0.1, -0.05) is 66.7 Å². The predicted octanol–water partition coefficient (Wildman–Crippen LogP) is 6.65. The third kappa shape index (κ3) is 4.32. The second-order valence-corrected chi connectivity index (χ2v) is 7.83. The minimum absolute atomic E-state index is 0.775. The van der Waals surface area contributed by atoms with Crippen molar-refractivity contribution in [2.75, 3.05) is 11.7 Å². The van der Waals surface area contributed by atoms with Crippen LogP contribution < -0.4 is 5.43 Å². The summed E-state index contributed by atoms with van der Waals surface area (Å²) in [6.45, 7) is 0. The fraction of sp³-hybridized carbons (Fsp3) is 0.0435. The van der Waals surface area contributed by atoms with E-state index in [4.69, 9.17) is 0 Å². The lowest BCUT2D eigenvalue weighted by molar-refractivity contribution is 1.29. The topological polar surface area (TPSA) is 37.3 Å². The van der Waals surface area contributed by atoms with E-state index < -0.39 is 0 Å². The number of hydrogen-bond donors (Lipinski definition) is 1. The number of nitrogens with one attached hydrogen (secondary N) is 1. The Morgan fingerprint density at radius 2 is 1.64 bits per heavy atom. The molecule has 138 valence electrons. The van der Waals surface area contributed by atoms with Crippen LogP contribution in [-0.2, 0) is 0 Å². The van der Waals surface area contributed by atoms with Gasteiger partial charge in [-0.15, -0.1) is 23.1 Å². The van der Waals surface area contributed by atoms with Crippen molar-refractivity contribution in [2.24, 2.45) is 5.10 Å². The number of nitrogens with zero attached hydrogens (tertiary/aromatic N) is 2. The Hall–Kier alpha value is -2.89. The molecule has 1 aromatic heterocycles. The zero-order valence-electron chi connectivity index (χ0n) is 15.4. The van der Waals surface area contributed by atoms with Gasteiger partial charge < -0.3 is 0 Å². The summed E-state index contributed by atoms with van der Waals surface area (Å²) in [4.78, 5) is 5.86.